The molecule has 136 valence electrons. The third kappa shape index (κ3) is 3.88. The molecule has 1 heterocycles. The molecule has 0 amide bonds. The van der Waals surface area contributed by atoms with E-state index in [9.17, 15) is 4.39 Å². The summed E-state index contributed by atoms with van der Waals surface area (Å²) >= 11 is 1.59. The van der Waals surface area contributed by atoms with Gasteiger partial charge in [0, 0.05) is 4.90 Å². The van der Waals surface area contributed by atoms with E-state index in [0.717, 1.165) is 38.4 Å². The van der Waals surface area contributed by atoms with Gasteiger partial charge in [-0.25, -0.2) is 9.37 Å². The number of aromatic nitrogens is 2. The van der Waals surface area contributed by atoms with Crippen molar-refractivity contribution in [1.29, 1.82) is 0 Å². The quantitative estimate of drug-likeness (QED) is 0.391. The van der Waals surface area contributed by atoms with E-state index < -0.39 is 5.82 Å². The second-order valence-corrected chi connectivity index (χ2v) is 7.32. The summed E-state index contributed by atoms with van der Waals surface area (Å²) in [5, 5.41) is 0. The van der Waals surface area contributed by atoms with E-state index in [4.69, 9.17) is 7.85 Å². The minimum atomic E-state index is -0.412. The Kier molecular flexibility index (Phi) is 5.32. The second kappa shape index (κ2) is 8.04. The van der Waals surface area contributed by atoms with Gasteiger partial charge in [0.2, 0.25) is 0 Å². The van der Waals surface area contributed by atoms with Crippen molar-refractivity contribution in [2.45, 2.75) is 4.90 Å². The summed E-state index contributed by atoms with van der Waals surface area (Å²) < 4.78 is 16.4. The SMILES string of the molecule is [B]c1cc(/C=C/c2nc3ccc(-c4ccccc4SNC)cc3[nH]2)ccc1F. The van der Waals surface area contributed by atoms with E-state index >= 15 is 0 Å². The molecule has 6 heteroatoms. The molecule has 0 bridgehead atoms. The van der Waals surface area contributed by atoms with Crippen LogP contribution in [0.2, 0.25) is 0 Å². The highest BCUT2D eigenvalue weighted by atomic mass is 32.2. The van der Waals surface area contributed by atoms with Crippen LogP contribution in [0, 0.1) is 5.82 Å². The first-order chi connectivity index (χ1) is 13.6. The summed E-state index contributed by atoms with van der Waals surface area (Å²) in [6.07, 6.45) is 3.71. The number of fused-ring (bicyclic) bond motifs is 1. The van der Waals surface area contributed by atoms with E-state index in [1.807, 2.05) is 37.4 Å². The maximum Gasteiger partial charge on any atom is 0.131 e. The van der Waals surface area contributed by atoms with Crippen LogP contribution in [0.4, 0.5) is 4.39 Å². The summed E-state index contributed by atoms with van der Waals surface area (Å²) in [5.74, 6) is 0.318. The lowest BCUT2D eigenvalue weighted by Gasteiger charge is -2.08. The fourth-order valence-corrected chi connectivity index (χ4v) is 3.68. The highest BCUT2D eigenvalue weighted by Gasteiger charge is 2.08. The van der Waals surface area contributed by atoms with E-state index in [2.05, 4.69) is 39.0 Å². The number of halogens is 1. The number of hydrogen-bond donors (Lipinski definition) is 2. The topological polar surface area (TPSA) is 40.7 Å². The molecule has 28 heavy (non-hydrogen) atoms. The van der Waals surface area contributed by atoms with Crippen LogP contribution in [-0.2, 0) is 0 Å². The van der Waals surface area contributed by atoms with Crippen molar-refractivity contribution in [2.24, 2.45) is 0 Å². The molecule has 0 unspecified atom stereocenters. The van der Waals surface area contributed by atoms with Crippen molar-refractivity contribution in [2.75, 3.05) is 7.05 Å². The second-order valence-electron chi connectivity index (χ2n) is 6.27. The van der Waals surface area contributed by atoms with E-state index in [0.29, 0.717) is 0 Å². The lowest BCUT2D eigenvalue weighted by Crippen LogP contribution is -2.07. The van der Waals surface area contributed by atoms with Gasteiger partial charge in [0.1, 0.15) is 19.5 Å². The molecule has 4 rings (SSSR count). The maximum absolute atomic E-state index is 13.3. The van der Waals surface area contributed by atoms with Crippen LogP contribution in [0.15, 0.2) is 65.6 Å². The van der Waals surface area contributed by atoms with Gasteiger partial charge in [-0.15, -0.1) is 0 Å². The third-order valence-corrected chi connectivity index (χ3v) is 5.14. The van der Waals surface area contributed by atoms with E-state index in [1.165, 1.54) is 6.07 Å². The Hall–Kier alpha value is -2.83. The number of nitrogens with one attached hydrogen (secondary N) is 2. The molecule has 0 aliphatic heterocycles. The van der Waals surface area contributed by atoms with Gasteiger partial charge < -0.3 is 4.98 Å². The van der Waals surface area contributed by atoms with Crippen LogP contribution in [0.5, 0.6) is 0 Å². The predicted octanol–water partition coefficient (Wildman–Crippen LogP) is 4.56. The molecular weight excluding hydrogens is 368 g/mol. The number of benzene rings is 3. The van der Waals surface area contributed by atoms with Gasteiger partial charge in [0.25, 0.3) is 0 Å². The molecule has 0 fully saturated rings. The Morgan fingerprint density at radius 3 is 2.75 bits per heavy atom. The monoisotopic (exact) mass is 385 g/mol. The van der Waals surface area contributed by atoms with Crippen molar-refractivity contribution < 1.29 is 4.39 Å². The molecule has 2 N–H and O–H groups in total. The van der Waals surface area contributed by atoms with Gasteiger partial charge in [0.05, 0.1) is 11.0 Å². The van der Waals surface area contributed by atoms with Crippen molar-refractivity contribution in [3.05, 3.63) is 77.9 Å². The Balaban J connectivity index is 1.65. The van der Waals surface area contributed by atoms with Crippen LogP contribution >= 0.6 is 11.9 Å². The zero-order valence-electron chi connectivity index (χ0n) is 15.2. The minimum Gasteiger partial charge on any atom is -0.338 e. The largest absolute Gasteiger partial charge is 0.338 e. The first-order valence-corrected chi connectivity index (χ1v) is 9.61. The lowest BCUT2D eigenvalue weighted by atomic mass is 9.93. The van der Waals surface area contributed by atoms with Crippen LogP contribution < -0.4 is 10.2 Å². The lowest BCUT2D eigenvalue weighted by molar-refractivity contribution is 0.636. The Morgan fingerprint density at radius 1 is 1.07 bits per heavy atom. The molecule has 1 aromatic heterocycles. The Labute approximate surface area is 168 Å². The Bertz CT molecular complexity index is 1170. The standard InChI is InChI=1S/C22H17BFN3S/c1-25-28-21-5-3-2-4-16(21)15-8-10-19-20(13-15)27-22(26-19)11-7-14-6-9-18(24)17(23)12-14/h2-13,25H,1H3,(H,26,27)/b11-7+. The van der Waals surface area contributed by atoms with Crippen LogP contribution in [-0.4, -0.2) is 24.9 Å². The fraction of sp³-hybridized carbons (Fsp3) is 0.0455. The van der Waals surface area contributed by atoms with Gasteiger partial charge in [-0.2, -0.15) is 0 Å². The smallest absolute Gasteiger partial charge is 0.131 e. The summed E-state index contributed by atoms with van der Waals surface area (Å²) in [5.41, 5.74) is 5.09. The van der Waals surface area contributed by atoms with Crippen molar-refractivity contribution in [3.63, 3.8) is 0 Å². The van der Waals surface area contributed by atoms with E-state index in [-0.39, 0.29) is 5.46 Å². The predicted molar refractivity (Wildman–Crippen MR) is 117 cm³/mol. The van der Waals surface area contributed by atoms with Crippen molar-refractivity contribution in [3.8, 4) is 11.1 Å². The summed E-state index contributed by atoms with van der Waals surface area (Å²) in [4.78, 5) is 9.09. The van der Waals surface area contributed by atoms with Crippen LogP contribution in [0.1, 0.15) is 11.4 Å². The molecule has 0 saturated carbocycles. The number of hydrogen-bond acceptors (Lipinski definition) is 3. The molecule has 0 saturated heterocycles. The average molecular weight is 385 g/mol. The molecule has 4 aromatic rings. The van der Waals surface area contributed by atoms with Gasteiger partial charge in [0.15, 0.2) is 0 Å². The van der Waals surface area contributed by atoms with Crippen LogP contribution in [0.25, 0.3) is 34.3 Å². The zero-order chi connectivity index (χ0) is 19.5. The molecule has 0 aliphatic carbocycles. The van der Waals surface area contributed by atoms with Gasteiger partial charge >= 0.3 is 0 Å². The number of imidazole rings is 1. The van der Waals surface area contributed by atoms with Gasteiger partial charge in [-0.05, 0) is 66.0 Å². The molecule has 3 nitrogen and oxygen atoms in total. The summed E-state index contributed by atoms with van der Waals surface area (Å²) in [6.45, 7) is 0. The van der Waals surface area contributed by atoms with Crippen molar-refractivity contribution in [1.82, 2.24) is 14.7 Å². The van der Waals surface area contributed by atoms with Gasteiger partial charge in [-0.1, -0.05) is 47.9 Å². The first-order valence-electron chi connectivity index (χ1n) is 8.80. The number of H-pyrrole nitrogens is 1. The molecule has 0 spiro atoms. The number of rotatable bonds is 5. The highest BCUT2D eigenvalue weighted by Crippen LogP contribution is 2.31. The number of nitrogens with zero attached hydrogens (tertiary/aromatic N) is 1. The minimum absolute atomic E-state index is 0.134. The summed E-state index contributed by atoms with van der Waals surface area (Å²) in [7, 11) is 7.53. The average Bonchev–Trinajstić information content (AvgIpc) is 3.12. The maximum atomic E-state index is 13.3. The molecular formula is C22H17BFN3S. The highest BCUT2D eigenvalue weighted by molar-refractivity contribution is 7.97. The fourth-order valence-electron chi connectivity index (χ4n) is 3.02. The number of aromatic amines is 1. The normalized spacial score (nSPS) is 11.5. The third-order valence-electron chi connectivity index (χ3n) is 4.36. The van der Waals surface area contributed by atoms with Crippen molar-refractivity contribution >= 4 is 48.4 Å². The Morgan fingerprint density at radius 2 is 1.93 bits per heavy atom. The summed E-state index contributed by atoms with van der Waals surface area (Å²) in [6, 6.07) is 19.1. The van der Waals surface area contributed by atoms with Gasteiger partial charge in [-0.3, -0.25) is 4.72 Å². The molecule has 0 aliphatic rings. The first kappa shape index (κ1) is 18.5. The molecule has 0 atom stereocenters. The molecule has 2 radical (unpaired) electrons. The zero-order valence-corrected chi connectivity index (χ0v) is 16.1. The van der Waals surface area contributed by atoms with Crippen LogP contribution in [0.3, 0.4) is 0 Å². The van der Waals surface area contributed by atoms with E-state index in [1.54, 1.807) is 24.1 Å². The molecule has 3 aromatic carbocycles.